The van der Waals surface area contributed by atoms with E-state index in [0.29, 0.717) is 6.73 Å². The molecule has 0 amide bonds. The fourth-order valence-electron chi connectivity index (χ4n) is 1.16. The molecule has 15 heavy (non-hydrogen) atoms. The maximum atomic E-state index is 5.35. The molecule has 0 unspecified atom stereocenters. The SMILES string of the molecule is CCOCn1ccnc1CNC(C)(C)C. The molecule has 0 radical (unpaired) electrons. The van der Waals surface area contributed by atoms with Crippen LogP contribution in [0.5, 0.6) is 0 Å². The van der Waals surface area contributed by atoms with Crippen molar-refractivity contribution in [2.24, 2.45) is 0 Å². The summed E-state index contributed by atoms with van der Waals surface area (Å²) in [6, 6.07) is 0. The van der Waals surface area contributed by atoms with Gasteiger partial charge in [-0.15, -0.1) is 0 Å². The van der Waals surface area contributed by atoms with Gasteiger partial charge >= 0.3 is 0 Å². The second-order valence-corrected chi connectivity index (χ2v) is 4.54. The Balaban J connectivity index is 2.50. The third kappa shape index (κ3) is 4.44. The molecular weight excluding hydrogens is 190 g/mol. The van der Waals surface area contributed by atoms with Crippen molar-refractivity contribution in [3.05, 3.63) is 18.2 Å². The van der Waals surface area contributed by atoms with Crippen molar-refractivity contribution < 1.29 is 4.74 Å². The first kappa shape index (κ1) is 12.2. The van der Waals surface area contributed by atoms with E-state index in [1.165, 1.54) is 0 Å². The van der Waals surface area contributed by atoms with Crippen molar-refractivity contribution in [3.63, 3.8) is 0 Å². The molecule has 1 heterocycles. The fraction of sp³-hybridized carbons (Fsp3) is 0.727. The molecule has 0 bridgehead atoms. The lowest BCUT2D eigenvalue weighted by Gasteiger charge is -2.20. The van der Waals surface area contributed by atoms with E-state index >= 15 is 0 Å². The van der Waals surface area contributed by atoms with Crippen LogP contribution >= 0.6 is 0 Å². The summed E-state index contributed by atoms with van der Waals surface area (Å²) >= 11 is 0. The van der Waals surface area contributed by atoms with Crippen LogP contribution < -0.4 is 5.32 Å². The van der Waals surface area contributed by atoms with Gasteiger partial charge in [0.2, 0.25) is 0 Å². The van der Waals surface area contributed by atoms with E-state index < -0.39 is 0 Å². The standard InChI is InChI=1S/C11H21N3O/c1-5-15-9-14-7-6-12-10(14)8-13-11(2,3)4/h6-7,13H,5,8-9H2,1-4H3. The minimum atomic E-state index is 0.113. The number of nitrogens with one attached hydrogen (secondary N) is 1. The van der Waals surface area contributed by atoms with Gasteiger partial charge in [-0.2, -0.15) is 0 Å². The van der Waals surface area contributed by atoms with Crippen molar-refractivity contribution in [1.82, 2.24) is 14.9 Å². The van der Waals surface area contributed by atoms with Crippen molar-refractivity contribution in [2.75, 3.05) is 6.61 Å². The Morgan fingerprint density at radius 1 is 1.47 bits per heavy atom. The molecule has 0 saturated heterocycles. The average molecular weight is 211 g/mol. The second-order valence-electron chi connectivity index (χ2n) is 4.54. The highest BCUT2D eigenvalue weighted by atomic mass is 16.5. The Bertz CT molecular complexity index is 288. The molecule has 0 aromatic carbocycles. The Hall–Kier alpha value is -0.870. The van der Waals surface area contributed by atoms with Gasteiger partial charge in [0.15, 0.2) is 0 Å². The summed E-state index contributed by atoms with van der Waals surface area (Å²) in [5, 5.41) is 3.40. The molecule has 1 aromatic heterocycles. The first-order chi connectivity index (χ1) is 7.03. The van der Waals surface area contributed by atoms with Gasteiger partial charge in [-0.25, -0.2) is 4.98 Å². The quantitative estimate of drug-likeness (QED) is 0.806. The molecule has 1 rings (SSSR count). The van der Waals surface area contributed by atoms with E-state index in [9.17, 15) is 0 Å². The predicted molar refractivity (Wildman–Crippen MR) is 60.4 cm³/mol. The Morgan fingerprint density at radius 3 is 2.80 bits per heavy atom. The summed E-state index contributed by atoms with van der Waals surface area (Å²) in [4.78, 5) is 4.29. The summed E-state index contributed by atoms with van der Waals surface area (Å²) in [5.41, 5.74) is 0.113. The third-order valence-electron chi connectivity index (χ3n) is 2.01. The fourth-order valence-corrected chi connectivity index (χ4v) is 1.16. The highest BCUT2D eigenvalue weighted by molar-refractivity contribution is 4.92. The number of hydrogen-bond donors (Lipinski definition) is 1. The molecule has 0 atom stereocenters. The average Bonchev–Trinajstić information content (AvgIpc) is 2.57. The van der Waals surface area contributed by atoms with E-state index in [2.05, 4.69) is 31.1 Å². The zero-order chi connectivity index (χ0) is 11.3. The Morgan fingerprint density at radius 2 is 2.20 bits per heavy atom. The van der Waals surface area contributed by atoms with E-state index in [-0.39, 0.29) is 5.54 Å². The van der Waals surface area contributed by atoms with Gasteiger partial charge in [0, 0.05) is 24.5 Å². The van der Waals surface area contributed by atoms with Crippen LogP contribution in [0.4, 0.5) is 0 Å². The maximum absolute atomic E-state index is 5.35. The number of imidazole rings is 1. The lowest BCUT2D eigenvalue weighted by atomic mass is 10.1. The Kier molecular flexibility index (Phi) is 4.29. The number of hydrogen-bond acceptors (Lipinski definition) is 3. The van der Waals surface area contributed by atoms with Crippen LogP contribution in [0.3, 0.4) is 0 Å². The summed E-state index contributed by atoms with van der Waals surface area (Å²) in [6.07, 6.45) is 3.74. The van der Waals surface area contributed by atoms with E-state index in [1.54, 1.807) is 6.20 Å². The lowest BCUT2D eigenvalue weighted by molar-refractivity contribution is 0.0852. The van der Waals surface area contributed by atoms with E-state index in [4.69, 9.17) is 4.74 Å². The second kappa shape index (κ2) is 5.28. The van der Waals surface area contributed by atoms with Crippen LogP contribution in [-0.2, 0) is 18.0 Å². The molecule has 1 N–H and O–H groups in total. The van der Waals surface area contributed by atoms with Gasteiger partial charge in [0.05, 0.1) is 6.54 Å². The van der Waals surface area contributed by atoms with Crippen LogP contribution in [0, 0.1) is 0 Å². The molecule has 0 aliphatic carbocycles. The number of rotatable bonds is 5. The van der Waals surface area contributed by atoms with Crippen LogP contribution in [0.25, 0.3) is 0 Å². The van der Waals surface area contributed by atoms with Gasteiger partial charge in [-0.3, -0.25) is 0 Å². The number of ether oxygens (including phenoxy) is 1. The predicted octanol–water partition coefficient (Wildman–Crippen LogP) is 1.77. The highest BCUT2D eigenvalue weighted by Gasteiger charge is 2.10. The topological polar surface area (TPSA) is 39.1 Å². The smallest absolute Gasteiger partial charge is 0.124 e. The molecule has 4 heteroatoms. The van der Waals surface area contributed by atoms with Crippen molar-refractivity contribution >= 4 is 0 Å². The molecule has 86 valence electrons. The van der Waals surface area contributed by atoms with Crippen LogP contribution in [0.1, 0.15) is 33.5 Å². The van der Waals surface area contributed by atoms with Gasteiger partial charge in [-0.05, 0) is 27.7 Å². The van der Waals surface area contributed by atoms with E-state index in [1.807, 2.05) is 17.7 Å². The highest BCUT2D eigenvalue weighted by Crippen LogP contribution is 2.03. The largest absolute Gasteiger partial charge is 0.361 e. The summed E-state index contributed by atoms with van der Waals surface area (Å²) < 4.78 is 7.36. The summed E-state index contributed by atoms with van der Waals surface area (Å²) in [7, 11) is 0. The first-order valence-corrected chi connectivity index (χ1v) is 5.35. The van der Waals surface area contributed by atoms with Crippen LogP contribution in [-0.4, -0.2) is 21.7 Å². The molecule has 0 aliphatic rings. The first-order valence-electron chi connectivity index (χ1n) is 5.35. The molecule has 0 fully saturated rings. The monoisotopic (exact) mass is 211 g/mol. The lowest BCUT2D eigenvalue weighted by Crippen LogP contribution is -2.36. The van der Waals surface area contributed by atoms with Crippen molar-refractivity contribution in [1.29, 1.82) is 0 Å². The van der Waals surface area contributed by atoms with Gasteiger partial charge < -0.3 is 14.6 Å². The Labute approximate surface area is 91.7 Å². The molecule has 4 nitrogen and oxygen atoms in total. The minimum Gasteiger partial charge on any atom is -0.361 e. The van der Waals surface area contributed by atoms with Crippen LogP contribution in [0.15, 0.2) is 12.4 Å². The van der Waals surface area contributed by atoms with Gasteiger partial charge in [0.25, 0.3) is 0 Å². The van der Waals surface area contributed by atoms with Crippen molar-refractivity contribution in [3.8, 4) is 0 Å². The summed E-state index contributed by atoms with van der Waals surface area (Å²) in [5.74, 6) is 1.01. The van der Waals surface area contributed by atoms with Crippen LogP contribution in [0.2, 0.25) is 0 Å². The zero-order valence-corrected chi connectivity index (χ0v) is 10.1. The molecule has 0 saturated carbocycles. The number of nitrogens with zero attached hydrogens (tertiary/aromatic N) is 2. The zero-order valence-electron chi connectivity index (χ0n) is 10.1. The summed E-state index contributed by atoms with van der Waals surface area (Å²) in [6.45, 7) is 10.5. The van der Waals surface area contributed by atoms with Gasteiger partial charge in [-0.1, -0.05) is 0 Å². The van der Waals surface area contributed by atoms with E-state index in [0.717, 1.165) is 19.0 Å². The minimum absolute atomic E-state index is 0.113. The molecule has 0 spiro atoms. The third-order valence-corrected chi connectivity index (χ3v) is 2.01. The molecule has 0 aliphatic heterocycles. The molecular formula is C11H21N3O. The normalized spacial score (nSPS) is 12.0. The maximum Gasteiger partial charge on any atom is 0.124 e. The van der Waals surface area contributed by atoms with Crippen molar-refractivity contribution in [2.45, 2.75) is 46.5 Å². The van der Waals surface area contributed by atoms with Gasteiger partial charge in [0.1, 0.15) is 12.6 Å². The molecule has 1 aromatic rings. The number of aromatic nitrogens is 2.